The monoisotopic (exact) mass is 325 g/mol. The summed E-state index contributed by atoms with van der Waals surface area (Å²) in [5.41, 5.74) is 0.925. The predicted molar refractivity (Wildman–Crippen MR) is 36.7 cm³/mol. The summed E-state index contributed by atoms with van der Waals surface area (Å²) >= 11 is 5.60. The average Bonchev–Trinajstić information content (AvgIpc) is 1.80. The van der Waals surface area contributed by atoms with E-state index in [1.54, 1.807) is 12.1 Å². The van der Waals surface area contributed by atoms with Gasteiger partial charge in [-0.25, -0.2) is 0 Å². The number of hydrogen-bond acceptors (Lipinski definition) is 1. The van der Waals surface area contributed by atoms with Crippen LogP contribution >= 0.6 is 11.6 Å². The first kappa shape index (κ1) is 10.00. The first-order valence-electron chi connectivity index (χ1n) is 2.57. The molecule has 0 amide bonds. The SMILES string of the molecule is Cc1ccc(O)[c-]c1Cl.[W]. The van der Waals surface area contributed by atoms with Crippen molar-refractivity contribution in [1.82, 2.24) is 0 Å². The van der Waals surface area contributed by atoms with Crippen LogP contribution in [-0.4, -0.2) is 5.11 Å². The summed E-state index contributed by atoms with van der Waals surface area (Å²) < 4.78 is 0. The fourth-order valence-electron chi connectivity index (χ4n) is 0.530. The van der Waals surface area contributed by atoms with E-state index in [9.17, 15) is 0 Å². The molecule has 0 heterocycles. The number of rotatable bonds is 0. The van der Waals surface area contributed by atoms with E-state index < -0.39 is 0 Å². The molecule has 10 heavy (non-hydrogen) atoms. The fourth-order valence-corrected chi connectivity index (χ4v) is 0.690. The number of aryl methyl sites for hydroxylation is 1. The number of hydrogen-bond donors (Lipinski definition) is 1. The summed E-state index contributed by atoms with van der Waals surface area (Å²) in [6.45, 7) is 1.86. The van der Waals surface area contributed by atoms with Crippen molar-refractivity contribution in [3.63, 3.8) is 0 Å². The third-order valence-electron chi connectivity index (χ3n) is 1.08. The Balaban J connectivity index is 0.000000810. The normalized spacial score (nSPS) is 8.60. The van der Waals surface area contributed by atoms with Gasteiger partial charge in [-0.05, 0) is 0 Å². The molecular weight excluding hydrogens is 319 g/mol. The Bertz CT molecular complexity index is 225. The molecule has 0 spiro atoms. The average molecular weight is 325 g/mol. The molecule has 1 rings (SSSR count). The van der Waals surface area contributed by atoms with Crippen LogP contribution in [0, 0.1) is 13.0 Å². The number of aromatic hydroxyl groups is 1. The van der Waals surface area contributed by atoms with Crippen molar-refractivity contribution in [2.75, 3.05) is 0 Å². The van der Waals surface area contributed by atoms with Gasteiger partial charge in [-0.1, -0.05) is 11.9 Å². The van der Waals surface area contributed by atoms with E-state index in [-0.39, 0.29) is 26.8 Å². The zero-order valence-corrected chi connectivity index (χ0v) is 9.08. The summed E-state index contributed by atoms with van der Waals surface area (Å²) in [5, 5.41) is 9.28. The summed E-state index contributed by atoms with van der Waals surface area (Å²) in [7, 11) is 0. The van der Waals surface area contributed by atoms with Crippen molar-refractivity contribution in [2.24, 2.45) is 0 Å². The Morgan fingerprint density at radius 1 is 1.50 bits per heavy atom. The molecule has 0 bridgehead atoms. The van der Waals surface area contributed by atoms with E-state index in [1.165, 1.54) is 0 Å². The van der Waals surface area contributed by atoms with Gasteiger partial charge in [0.15, 0.2) is 0 Å². The Morgan fingerprint density at radius 3 is 2.50 bits per heavy atom. The topological polar surface area (TPSA) is 20.2 Å². The molecule has 54 valence electrons. The van der Waals surface area contributed by atoms with Crippen LogP contribution in [0.1, 0.15) is 5.56 Å². The largest absolute Gasteiger partial charge is 0.534 e. The van der Waals surface area contributed by atoms with Crippen molar-refractivity contribution < 1.29 is 26.2 Å². The second kappa shape index (κ2) is 4.00. The van der Waals surface area contributed by atoms with Crippen LogP contribution in [0.2, 0.25) is 5.02 Å². The van der Waals surface area contributed by atoms with Crippen molar-refractivity contribution in [3.05, 3.63) is 28.8 Å². The van der Waals surface area contributed by atoms with Crippen LogP contribution in [0.15, 0.2) is 12.1 Å². The Hall–Kier alpha value is -0.00169. The third kappa shape index (κ3) is 2.32. The predicted octanol–water partition coefficient (Wildman–Crippen LogP) is 2.15. The zero-order chi connectivity index (χ0) is 6.85. The molecule has 3 heteroatoms. The third-order valence-corrected chi connectivity index (χ3v) is 1.47. The first-order valence-corrected chi connectivity index (χ1v) is 2.95. The van der Waals surface area contributed by atoms with E-state index in [2.05, 4.69) is 6.07 Å². The van der Waals surface area contributed by atoms with E-state index in [4.69, 9.17) is 16.7 Å². The van der Waals surface area contributed by atoms with Gasteiger partial charge in [0, 0.05) is 26.8 Å². The van der Waals surface area contributed by atoms with Crippen LogP contribution in [-0.2, 0) is 21.1 Å². The molecule has 0 radical (unpaired) electrons. The van der Waals surface area contributed by atoms with E-state index in [0.717, 1.165) is 5.56 Å². The number of benzene rings is 1. The summed E-state index contributed by atoms with van der Waals surface area (Å²) in [6, 6.07) is 5.86. The van der Waals surface area contributed by atoms with Crippen LogP contribution in [0.25, 0.3) is 0 Å². The number of phenolic OH excluding ortho intramolecular Hbond substituents is 1. The summed E-state index contributed by atoms with van der Waals surface area (Å²) in [6.07, 6.45) is 0. The molecule has 0 unspecified atom stereocenters. The molecule has 0 saturated heterocycles. The molecule has 0 saturated carbocycles. The fraction of sp³-hybridized carbons (Fsp3) is 0.143. The molecular formula is C7H6ClOW-. The minimum absolute atomic E-state index is 0. The summed E-state index contributed by atoms with van der Waals surface area (Å²) in [4.78, 5) is 0. The number of phenols is 1. The smallest absolute Gasteiger partial charge is 0.00541 e. The second-order valence-electron chi connectivity index (χ2n) is 1.84. The zero-order valence-electron chi connectivity index (χ0n) is 5.39. The molecule has 0 atom stereocenters. The van der Waals surface area contributed by atoms with Crippen molar-refractivity contribution in [1.29, 1.82) is 0 Å². The van der Waals surface area contributed by atoms with E-state index in [0.29, 0.717) is 5.02 Å². The molecule has 1 N–H and O–H groups in total. The molecule has 0 aliphatic rings. The van der Waals surface area contributed by atoms with Gasteiger partial charge in [-0.15, -0.1) is 29.3 Å². The van der Waals surface area contributed by atoms with Crippen LogP contribution in [0.4, 0.5) is 0 Å². The quantitative estimate of drug-likeness (QED) is 0.725. The van der Waals surface area contributed by atoms with Gasteiger partial charge < -0.3 is 5.11 Å². The number of halogens is 1. The Kier molecular flexibility index (Phi) is 4.00. The molecule has 0 fully saturated rings. The van der Waals surface area contributed by atoms with Gasteiger partial charge in [0.05, 0.1) is 0 Å². The van der Waals surface area contributed by atoms with Gasteiger partial charge in [0.2, 0.25) is 0 Å². The van der Waals surface area contributed by atoms with Gasteiger partial charge in [0.25, 0.3) is 0 Å². The minimum Gasteiger partial charge on any atom is -0.534 e. The molecule has 0 aliphatic heterocycles. The Morgan fingerprint density at radius 2 is 2.10 bits per heavy atom. The Labute approximate surface area is 79.3 Å². The maximum Gasteiger partial charge on any atom is 0.00541 e. The van der Waals surface area contributed by atoms with Crippen molar-refractivity contribution >= 4 is 11.6 Å². The summed E-state index contributed by atoms with van der Waals surface area (Å²) in [5.74, 6) is 0.0885. The minimum atomic E-state index is 0. The second-order valence-corrected chi connectivity index (χ2v) is 2.22. The van der Waals surface area contributed by atoms with Gasteiger partial charge in [0.1, 0.15) is 0 Å². The van der Waals surface area contributed by atoms with Gasteiger partial charge in [-0.2, -0.15) is 6.07 Å². The van der Waals surface area contributed by atoms with Crippen LogP contribution in [0.5, 0.6) is 5.75 Å². The molecule has 1 aromatic rings. The van der Waals surface area contributed by atoms with Gasteiger partial charge >= 0.3 is 0 Å². The van der Waals surface area contributed by atoms with Crippen LogP contribution < -0.4 is 0 Å². The first-order chi connectivity index (χ1) is 4.20. The van der Waals surface area contributed by atoms with E-state index in [1.807, 2.05) is 6.92 Å². The molecule has 1 aromatic carbocycles. The maximum atomic E-state index is 8.80. The molecule has 0 aromatic heterocycles. The van der Waals surface area contributed by atoms with Crippen molar-refractivity contribution in [3.8, 4) is 5.75 Å². The van der Waals surface area contributed by atoms with Gasteiger partial charge in [-0.3, -0.25) is 0 Å². The maximum absolute atomic E-state index is 8.80. The molecule has 0 aliphatic carbocycles. The van der Waals surface area contributed by atoms with E-state index >= 15 is 0 Å². The van der Waals surface area contributed by atoms with Crippen molar-refractivity contribution in [2.45, 2.75) is 6.92 Å². The standard InChI is InChI=1S/C7H6ClO.W/c1-5-2-3-6(9)4-7(5)8;/h2-3,9H,1H3;/q-1;. The molecule has 1 nitrogen and oxygen atoms in total. The van der Waals surface area contributed by atoms with Crippen LogP contribution in [0.3, 0.4) is 0 Å².